The third-order valence-corrected chi connectivity index (χ3v) is 3.43. The van der Waals surface area contributed by atoms with Crippen molar-refractivity contribution in [2.24, 2.45) is 10.9 Å². The number of halogens is 1. The van der Waals surface area contributed by atoms with Crippen LogP contribution in [-0.4, -0.2) is 16.0 Å². The molecule has 1 aromatic heterocycles. The highest BCUT2D eigenvalue weighted by atomic mass is 79.9. The number of amidine groups is 1. The first-order valence-corrected chi connectivity index (χ1v) is 7.22. The zero-order valence-electron chi connectivity index (χ0n) is 11.7. The first-order valence-electron chi connectivity index (χ1n) is 6.43. The molecular formula is C15H16BrN3O2. The van der Waals surface area contributed by atoms with Crippen molar-refractivity contribution in [2.45, 2.75) is 19.8 Å². The number of oxime groups is 1. The first-order chi connectivity index (χ1) is 10.0. The molecule has 2 aromatic rings. The van der Waals surface area contributed by atoms with E-state index < -0.39 is 0 Å². The van der Waals surface area contributed by atoms with E-state index in [0.717, 1.165) is 10.0 Å². The number of nitrogens with two attached hydrogens (primary N) is 1. The summed E-state index contributed by atoms with van der Waals surface area (Å²) in [6.07, 6.45) is 1.56. The summed E-state index contributed by atoms with van der Waals surface area (Å²) in [7, 11) is 0. The molecule has 0 aliphatic heterocycles. The van der Waals surface area contributed by atoms with Gasteiger partial charge in [0, 0.05) is 10.7 Å². The van der Waals surface area contributed by atoms with E-state index in [9.17, 15) is 0 Å². The molecule has 0 saturated heterocycles. The van der Waals surface area contributed by atoms with Gasteiger partial charge in [-0.1, -0.05) is 34.9 Å². The number of rotatable bonds is 4. The van der Waals surface area contributed by atoms with Crippen molar-refractivity contribution in [3.8, 4) is 11.5 Å². The van der Waals surface area contributed by atoms with E-state index in [2.05, 4.69) is 39.9 Å². The van der Waals surface area contributed by atoms with E-state index in [4.69, 9.17) is 15.7 Å². The summed E-state index contributed by atoms with van der Waals surface area (Å²) < 4.78 is 6.91. The van der Waals surface area contributed by atoms with Crippen LogP contribution in [-0.2, 0) is 0 Å². The van der Waals surface area contributed by atoms with Gasteiger partial charge >= 0.3 is 0 Å². The summed E-state index contributed by atoms with van der Waals surface area (Å²) in [5.41, 5.74) is 6.98. The number of aromatic nitrogens is 1. The average molecular weight is 350 g/mol. The molecule has 0 aliphatic carbocycles. The van der Waals surface area contributed by atoms with Gasteiger partial charge in [0.05, 0.1) is 0 Å². The monoisotopic (exact) mass is 349 g/mol. The lowest BCUT2D eigenvalue weighted by atomic mass is 10.0. The molecule has 1 heterocycles. The van der Waals surface area contributed by atoms with E-state index in [1.165, 1.54) is 0 Å². The third-order valence-electron chi connectivity index (χ3n) is 2.93. The Morgan fingerprint density at radius 1 is 1.33 bits per heavy atom. The lowest BCUT2D eigenvalue weighted by Gasteiger charge is -2.15. The minimum Gasteiger partial charge on any atom is -0.455 e. The van der Waals surface area contributed by atoms with Crippen molar-refractivity contribution < 1.29 is 9.94 Å². The number of pyridine rings is 1. The molecule has 6 heteroatoms. The molecule has 2 rings (SSSR count). The summed E-state index contributed by atoms with van der Waals surface area (Å²) in [4.78, 5) is 4.09. The summed E-state index contributed by atoms with van der Waals surface area (Å²) in [5.74, 6) is 1.36. The van der Waals surface area contributed by atoms with Gasteiger partial charge in [0.2, 0.25) is 0 Å². The standard InChI is InChI=1S/C15H16BrN3O2/c1-9(2)11-8-10(16)5-6-12(11)21-13-4-3-7-18-14(13)15(17)19-20/h3-9,20H,1-2H3,(H2,17,19). The normalized spacial score (nSPS) is 11.7. The first kappa shape index (κ1) is 15.3. The van der Waals surface area contributed by atoms with Crippen LogP contribution in [0.3, 0.4) is 0 Å². The Balaban J connectivity index is 2.44. The van der Waals surface area contributed by atoms with Crippen LogP contribution >= 0.6 is 15.9 Å². The number of nitrogens with zero attached hydrogens (tertiary/aromatic N) is 2. The molecule has 0 amide bonds. The maximum absolute atomic E-state index is 8.82. The van der Waals surface area contributed by atoms with Crippen LogP contribution in [0.25, 0.3) is 0 Å². The molecule has 3 N–H and O–H groups in total. The second kappa shape index (κ2) is 6.58. The van der Waals surface area contributed by atoms with Crippen molar-refractivity contribution in [2.75, 3.05) is 0 Å². The van der Waals surface area contributed by atoms with Gasteiger partial charge < -0.3 is 15.7 Å². The molecule has 0 radical (unpaired) electrons. The molecule has 110 valence electrons. The van der Waals surface area contributed by atoms with Gasteiger partial charge in [0.1, 0.15) is 5.75 Å². The average Bonchev–Trinajstić information content (AvgIpc) is 2.48. The molecule has 0 bridgehead atoms. The Bertz CT molecular complexity index is 672. The van der Waals surface area contributed by atoms with E-state index >= 15 is 0 Å². The smallest absolute Gasteiger partial charge is 0.192 e. The number of ether oxygens (including phenoxy) is 1. The lowest BCUT2D eigenvalue weighted by molar-refractivity contribution is 0.318. The highest BCUT2D eigenvalue weighted by Crippen LogP contribution is 2.33. The van der Waals surface area contributed by atoms with Gasteiger partial charge in [0.25, 0.3) is 0 Å². The molecule has 1 aromatic carbocycles. The number of hydrogen-bond donors (Lipinski definition) is 2. The van der Waals surface area contributed by atoms with E-state index in [-0.39, 0.29) is 5.84 Å². The Labute approximate surface area is 131 Å². The Morgan fingerprint density at radius 3 is 2.76 bits per heavy atom. The maximum Gasteiger partial charge on any atom is 0.192 e. The van der Waals surface area contributed by atoms with Crippen LogP contribution in [0.1, 0.15) is 31.0 Å². The molecule has 0 atom stereocenters. The predicted octanol–water partition coefficient (Wildman–Crippen LogP) is 3.85. The molecule has 5 nitrogen and oxygen atoms in total. The summed E-state index contributed by atoms with van der Waals surface area (Å²) in [6.45, 7) is 4.17. The highest BCUT2D eigenvalue weighted by Gasteiger charge is 2.14. The minimum atomic E-state index is -0.0891. The number of benzene rings is 1. The predicted molar refractivity (Wildman–Crippen MR) is 85.1 cm³/mol. The zero-order valence-corrected chi connectivity index (χ0v) is 13.3. The lowest BCUT2D eigenvalue weighted by Crippen LogP contribution is -2.16. The third kappa shape index (κ3) is 3.52. The van der Waals surface area contributed by atoms with Gasteiger partial charge in [-0.3, -0.25) is 0 Å². The second-order valence-corrected chi connectivity index (χ2v) is 5.69. The van der Waals surface area contributed by atoms with Crippen LogP contribution in [0.2, 0.25) is 0 Å². The Hall–Kier alpha value is -2.08. The van der Waals surface area contributed by atoms with Gasteiger partial charge in [-0.25, -0.2) is 4.98 Å². The molecule has 0 unspecified atom stereocenters. The fraction of sp³-hybridized carbons (Fsp3) is 0.200. The number of hydrogen-bond acceptors (Lipinski definition) is 4. The van der Waals surface area contributed by atoms with Gasteiger partial charge in [-0.2, -0.15) is 0 Å². The van der Waals surface area contributed by atoms with Crippen LogP contribution in [0.15, 0.2) is 46.2 Å². The quantitative estimate of drug-likeness (QED) is 0.380. The van der Waals surface area contributed by atoms with Crippen molar-refractivity contribution in [3.63, 3.8) is 0 Å². The van der Waals surface area contributed by atoms with Crippen molar-refractivity contribution in [1.82, 2.24) is 4.98 Å². The summed E-state index contributed by atoms with van der Waals surface area (Å²) >= 11 is 3.46. The van der Waals surface area contributed by atoms with Crippen LogP contribution in [0.5, 0.6) is 11.5 Å². The van der Waals surface area contributed by atoms with Crippen LogP contribution in [0.4, 0.5) is 0 Å². The molecule has 0 aliphatic rings. The van der Waals surface area contributed by atoms with Crippen molar-refractivity contribution >= 4 is 21.8 Å². The fourth-order valence-electron chi connectivity index (χ4n) is 1.89. The summed E-state index contributed by atoms with van der Waals surface area (Å²) in [5, 5.41) is 11.8. The van der Waals surface area contributed by atoms with E-state index in [1.807, 2.05) is 18.2 Å². The van der Waals surface area contributed by atoms with Crippen LogP contribution < -0.4 is 10.5 Å². The van der Waals surface area contributed by atoms with Gasteiger partial charge in [0.15, 0.2) is 17.3 Å². The van der Waals surface area contributed by atoms with E-state index in [1.54, 1.807) is 18.3 Å². The molecule has 0 fully saturated rings. The highest BCUT2D eigenvalue weighted by molar-refractivity contribution is 9.10. The van der Waals surface area contributed by atoms with E-state index in [0.29, 0.717) is 23.1 Å². The largest absolute Gasteiger partial charge is 0.455 e. The van der Waals surface area contributed by atoms with Crippen LogP contribution in [0, 0.1) is 0 Å². The Morgan fingerprint density at radius 2 is 2.10 bits per heavy atom. The molecule has 0 spiro atoms. The topological polar surface area (TPSA) is 80.7 Å². The maximum atomic E-state index is 8.82. The molecule has 21 heavy (non-hydrogen) atoms. The zero-order chi connectivity index (χ0) is 15.4. The van der Waals surface area contributed by atoms with Gasteiger partial charge in [-0.05, 0) is 41.8 Å². The van der Waals surface area contributed by atoms with Gasteiger partial charge in [-0.15, -0.1) is 0 Å². The fourth-order valence-corrected chi connectivity index (χ4v) is 2.27. The SMILES string of the molecule is CC(C)c1cc(Br)ccc1Oc1cccnc1/C(N)=N/O. The molecule has 0 saturated carbocycles. The van der Waals surface area contributed by atoms with Crippen molar-refractivity contribution in [3.05, 3.63) is 52.3 Å². The van der Waals surface area contributed by atoms with Crippen molar-refractivity contribution in [1.29, 1.82) is 0 Å². The minimum absolute atomic E-state index is 0.0891. The Kier molecular flexibility index (Phi) is 4.80. The molecular weight excluding hydrogens is 334 g/mol. The second-order valence-electron chi connectivity index (χ2n) is 4.77. The summed E-state index contributed by atoms with van der Waals surface area (Å²) in [6, 6.07) is 9.26.